The zero-order valence-electron chi connectivity index (χ0n) is 9.93. The molecular formula is C10H18N4O. The van der Waals surface area contributed by atoms with Crippen LogP contribution in [0.5, 0.6) is 0 Å². The number of carbonyl (C=O) groups is 1. The van der Waals surface area contributed by atoms with Crippen LogP contribution in [-0.2, 0) is 4.79 Å². The van der Waals surface area contributed by atoms with Crippen molar-refractivity contribution >= 4 is 12.4 Å². The number of hydrogen-bond acceptors (Lipinski definition) is 3. The van der Waals surface area contributed by atoms with Crippen molar-refractivity contribution in [3.8, 4) is 0 Å². The molecule has 1 aromatic rings. The molecule has 84 valence electrons. The van der Waals surface area contributed by atoms with E-state index >= 15 is 0 Å². The van der Waals surface area contributed by atoms with Crippen molar-refractivity contribution in [2.45, 2.75) is 39.7 Å². The maximum Gasteiger partial charge on any atom is 0.251 e. The molecule has 0 aromatic carbocycles. The summed E-state index contributed by atoms with van der Waals surface area (Å²) < 4.78 is 1.86. The van der Waals surface area contributed by atoms with Gasteiger partial charge < -0.3 is 0 Å². The van der Waals surface area contributed by atoms with Crippen LogP contribution >= 0.6 is 0 Å². The monoisotopic (exact) mass is 210 g/mol. The van der Waals surface area contributed by atoms with E-state index in [1.807, 2.05) is 18.5 Å². The second kappa shape index (κ2) is 4.42. The van der Waals surface area contributed by atoms with E-state index in [-0.39, 0.29) is 6.04 Å². The molecule has 0 spiro atoms. The van der Waals surface area contributed by atoms with Crippen molar-refractivity contribution in [2.24, 2.45) is 0 Å². The molecule has 0 atom stereocenters. The predicted molar refractivity (Wildman–Crippen MR) is 59.0 cm³/mol. The number of carbonyl (C=O) groups excluding carboxylic acids is 1. The van der Waals surface area contributed by atoms with Crippen LogP contribution in [0.2, 0.25) is 0 Å². The summed E-state index contributed by atoms with van der Waals surface area (Å²) in [7, 11) is 1.65. The topological polar surface area (TPSA) is 51.0 Å². The van der Waals surface area contributed by atoms with Crippen molar-refractivity contribution in [3.63, 3.8) is 0 Å². The molecule has 0 unspecified atom stereocenters. The Morgan fingerprint density at radius 1 is 1.33 bits per heavy atom. The molecular weight excluding hydrogens is 192 g/mol. The number of rotatable bonds is 4. The van der Waals surface area contributed by atoms with E-state index in [0.717, 1.165) is 5.82 Å². The number of amides is 1. The zero-order chi connectivity index (χ0) is 11.6. The van der Waals surface area contributed by atoms with Gasteiger partial charge in [-0.15, -0.1) is 5.10 Å². The van der Waals surface area contributed by atoms with E-state index in [1.54, 1.807) is 7.05 Å². The molecule has 1 amide bonds. The highest BCUT2D eigenvalue weighted by molar-refractivity contribution is 5.69. The fraction of sp³-hybridized carbons (Fsp3) is 0.700. The quantitative estimate of drug-likeness (QED) is 0.709. The first-order valence-corrected chi connectivity index (χ1v) is 5.12. The summed E-state index contributed by atoms with van der Waals surface area (Å²) in [6, 6.07) is 0.253. The summed E-state index contributed by atoms with van der Waals surface area (Å²) in [5, 5.41) is 4.30. The third-order valence-electron chi connectivity index (χ3n) is 2.13. The molecule has 0 aliphatic rings. The highest BCUT2D eigenvalue weighted by atomic mass is 16.1. The minimum absolute atomic E-state index is 0.253. The lowest BCUT2D eigenvalue weighted by atomic mass is 10.2. The Kier molecular flexibility index (Phi) is 3.44. The van der Waals surface area contributed by atoms with Gasteiger partial charge in [0, 0.05) is 19.0 Å². The lowest BCUT2D eigenvalue weighted by Gasteiger charge is -2.10. The zero-order valence-corrected chi connectivity index (χ0v) is 9.93. The number of aromatic nitrogens is 3. The maximum atomic E-state index is 10.6. The van der Waals surface area contributed by atoms with Gasteiger partial charge in [0.2, 0.25) is 6.41 Å². The van der Waals surface area contributed by atoms with E-state index in [2.05, 4.69) is 23.9 Å². The van der Waals surface area contributed by atoms with Crippen molar-refractivity contribution in [3.05, 3.63) is 5.82 Å². The number of anilines is 1. The van der Waals surface area contributed by atoms with E-state index in [9.17, 15) is 4.79 Å². The molecule has 1 heterocycles. The SMILES string of the molecule is CC(C)c1nc(N(C)C=O)nn1C(C)C. The molecule has 5 heteroatoms. The Balaban J connectivity index is 3.14. The highest BCUT2D eigenvalue weighted by Gasteiger charge is 2.16. The average Bonchev–Trinajstić information content (AvgIpc) is 2.61. The van der Waals surface area contributed by atoms with Gasteiger partial charge in [-0.2, -0.15) is 4.98 Å². The minimum Gasteiger partial charge on any atom is -0.285 e. The largest absolute Gasteiger partial charge is 0.285 e. The summed E-state index contributed by atoms with van der Waals surface area (Å²) in [5.41, 5.74) is 0. The van der Waals surface area contributed by atoms with Gasteiger partial charge in [-0.05, 0) is 13.8 Å². The molecule has 0 saturated carbocycles. The summed E-state index contributed by atoms with van der Waals surface area (Å²) >= 11 is 0. The molecule has 1 rings (SSSR count). The Morgan fingerprint density at radius 3 is 2.27 bits per heavy atom. The number of nitrogens with zero attached hydrogens (tertiary/aromatic N) is 4. The second-order valence-electron chi connectivity index (χ2n) is 4.18. The standard InChI is InChI=1S/C10H18N4O/c1-7(2)9-11-10(13(5)6-15)12-14(9)8(3)4/h6-8H,1-5H3. The maximum absolute atomic E-state index is 10.6. The van der Waals surface area contributed by atoms with Crippen LogP contribution in [0.15, 0.2) is 0 Å². The molecule has 0 bridgehead atoms. The fourth-order valence-corrected chi connectivity index (χ4v) is 1.29. The van der Waals surface area contributed by atoms with Crippen molar-refractivity contribution in [1.82, 2.24) is 14.8 Å². The van der Waals surface area contributed by atoms with Crippen molar-refractivity contribution in [2.75, 3.05) is 11.9 Å². The first kappa shape index (κ1) is 11.7. The van der Waals surface area contributed by atoms with Gasteiger partial charge in [0.15, 0.2) is 0 Å². The van der Waals surface area contributed by atoms with Crippen LogP contribution in [0, 0.1) is 0 Å². The molecule has 0 fully saturated rings. The van der Waals surface area contributed by atoms with E-state index in [1.165, 1.54) is 4.90 Å². The van der Waals surface area contributed by atoms with Gasteiger partial charge in [-0.3, -0.25) is 9.69 Å². The van der Waals surface area contributed by atoms with Crippen LogP contribution in [-0.4, -0.2) is 28.2 Å². The summed E-state index contributed by atoms with van der Waals surface area (Å²) in [5.74, 6) is 1.67. The molecule has 0 aliphatic carbocycles. The van der Waals surface area contributed by atoms with Gasteiger partial charge in [-0.1, -0.05) is 13.8 Å². The molecule has 0 radical (unpaired) electrons. The van der Waals surface area contributed by atoms with Crippen LogP contribution in [0.3, 0.4) is 0 Å². The summed E-state index contributed by atoms with van der Waals surface area (Å²) in [6.07, 6.45) is 0.712. The Morgan fingerprint density at radius 2 is 1.93 bits per heavy atom. The Labute approximate surface area is 90.1 Å². The molecule has 15 heavy (non-hydrogen) atoms. The second-order valence-corrected chi connectivity index (χ2v) is 4.18. The lowest BCUT2D eigenvalue weighted by Crippen LogP contribution is -2.15. The fourth-order valence-electron chi connectivity index (χ4n) is 1.29. The van der Waals surface area contributed by atoms with Crippen LogP contribution < -0.4 is 4.90 Å². The first-order valence-electron chi connectivity index (χ1n) is 5.12. The number of hydrogen-bond donors (Lipinski definition) is 0. The molecule has 5 nitrogen and oxygen atoms in total. The van der Waals surface area contributed by atoms with Gasteiger partial charge in [0.1, 0.15) is 5.82 Å². The van der Waals surface area contributed by atoms with Crippen LogP contribution in [0.1, 0.15) is 45.5 Å². The molecule has 0 aliphatic heterocycles. The van der Waals surface area contributed by atoms with Gasteiger partial charge >= 0.3 is 0 Å². The average molecular weight is 210 g/mol. The first-order chi connectivity index (χ1) is 6.97. The van der Waals surface area contributed by atoms with Gasteiger partial charge in [0.25, 0.3) is 5.95 Å². The normalized spacial score (nSPS) is 11.1. The molecule has 0 N–H and O–H groups in total. The predicted octanol–water partition coefficient (Wildman–Crippen LogP) is 1.57. The van der Waals surface area contributed by atoms with Gasteiger partial charge in [0.05, 0.1) is 0 Å². The third-order valence-corrected chi connectivity index (χ3v) is 2.13. The van der Waals surface area contributed by atoms with Crippen molar-refractivity contribution in [1.29, 1.82) is 0 Å². The summed E-state index contributed by atoms with van der Waals surface area (Å²) in [4.78, 5) is 16.3. The van der Waals surface area contributed by atoms with Crippen LogP contribution in [0.25, 0.3) is 0 Å². The molecule has 0 saturated heterocycles. The summed E-state index contributed by atoms with van der Waals surface area (Å²) in [6.45, 7) is 8.22. The highest BCUT2D eigenvalue weighted by Crippen LogP contribution is 2.19. The third kappa shape index (κ3) is 2.34. The Hall–Kier alpha value is -1.39. The smallest absolute Gasteiger partial charge is 0.251 e. The van der Waals surface area contributed by atoms with E-state index in [0.29, 0.717) is 18.3 Å². The molecule has 1 aromatic heterocycles. The van der Waals surface area contributed by atoms with Crippen LogP contribution in [0.4, 0.5) is 5.95 Å². The lowest BCUT2D eigenvalue weighted by molar-refractivity contribution is -0.107. The minimum atomic E-state index is 0.253. The van der Waals surface area contributed by atoms with Crippen molar-refractivity contribution < 1.29 is 4.79 Å². The van der Waals surface area contributed by atoms with Gasteiger partial charge in [-0.25, -0.2) is 4.68 Å². The van der Waals surface area contributed by atoms with E-state index in [4.69, 9.17) is 0 Å². The van der Waals surface area contributed by atoms with E-state index < -0.39 is 0 Å². The Bertz CT molecular complexity index is 318.